The SMILES string of the molecule is Cc1c2c([c-](C)c1C)CCCC2.[Ti+2]. The maximum Gasteiger partial charge on any atom is 2.00 e. The predicted octanol–water partition coefficient (Wildman–Crippen LogP) is 3.21. The van der Waals surface area contributed by atoms with Gasteiger partial charge in [-0.2, -0.15) is 27.8 Å². The normalized spacial score (nSPS) is 15.0. The summed E-state index contributed by atoms with van der Waals surface area (Å²) >= 11 is 0. The van der Waals surface area contributed by atoms with Crippen LogP contribution in [-0.4, -0.2) is 0 Å². The summed E-state index contributed by atoms with van der Waals surface area (Å²) < 4.78 is 0. The summed E-state index contributed by atoms with van der Waals surface area (Å²) in [4.78, 5) is 0. The van der Waals surface area contributed by atoms with Crippen molar-refractivity contribution in [2.24, 2.45) is 0 Å². The van der Waals surface area contributed by atoms with Crippen LogP contribution in [0, 0.1) is 20.8 Å². The average molecular weight is 209 g/mol. The van der Waals surface area contributed by atoms with Crippen LogP contribution in [0.25, 0.3) is 0 Å². The van der Waals surface area contributed by atoms with Crippen LogP contribution in [0.5, 0.6) is 0 Å². The second kappa shape index (κ2) is 4.06. The van der Waals surface area contributed by atoms with Crippen molar-refractivity contribution in [3.8, 4) is 0 Å². The van der Waals surface area contributed by atoms with Crippen LogP contribution in [-0.2, 0) is 34.6 Å². The van der Waals surface area contributed by atoms with Gasteiger partial charge in [0.2, 0.25) is 0 Å². The molecule has 0 saturated heterocycles. The van der Waals surface area contributed by atoms with Gasteiger partial charge in [-0.3, -0.25) is 0 Å². The second-order valence-corrected chi connectivity index (χ2v) is 4.04. The van der Waals surface area contributed by atoms with Gasteiger partial charge in [-0.25, -0.2) is 0 Å². The largest absolute Gasteiger partial charge is 2.00 e. The van der Waals surface area contributed by atoms with Gasteiger partial charge in [0.1, 0.15) is 0 Å². The Morgan fingerprint density at radius 1 is 1.08 bits per heavy atom. The van der Waals surface area contributed by atoms with Gasteiger partial charge in [0.25, 0.3) is 0 Å². The number of hydrogen-bond acceptors (Lipinski definition) is 0. The molecule has 0 saturated carbocycles. The van der Waals surface area contributed by atoms with E-state index < -0.39 is 0 Å². The number of fused-ring (bicyclic) bond motifs is 1. The fourth-order valence-corrected chi connectivity index (χ4v) is 2.47. The molecule has 1 aliphatic rings. The topological polar surface area (TPSA) is 0 Å². The molecular weight excluding hydrogens is 192 g/mol. The van der Waals surface area contributed by atoms with E-state index in [0.29, 0.717) is 0 Å². The van der Waals surface area contributed by atoms with Crippen molar-refractivity contribution >= 4 is 0 Å². The summed E-state index contributed by atoms with van der Waals surface area (Å²) in [7, 11) is 0. The maximum atomic E-state index is 2.28. The van der Waals surface area contributed by atoms with E-state index in [1.807, 2.05) is 0 Å². The molecule has 68 valence electrons. The molecular formula is C12H17Ti+. The molecule has 0 nitrogen and oxygen atoms in total. The molecule has 0 fully saturated rings. The van der Waals surface area contributed by atoms with Crippen LogP contribution < -0.4 is 0 Å². The molecule has 0 amide bonds. The van der Waals surface area contributed by atoms with Crippen LogP contribution in [0.4, 0.5) is 0 Å². The first-order valence-corrected chi connectivity index (χ1v) is 4.96. The molecule has 0 heterocycles. The van der Waals surface area contributed by atoms with Crippen LogP contribution in [0.1, 0.15) is 40.7 Å². The Bertz CT molecular complexity index is 278. The van der Waals surface area contributed by atoms with Crippen LogP contribution >= 0.6 is 0 Å². The van der Waals surface area contributed by atoms with Gasteiger partial charge >= 0.3 is 21.7 Å². The minimum atomic E-state index is 0. The monoisotopic (exact) mass is 209 g/mol. The molecule has 2 rings (SSSR count). The third-order valence-electron chi connectivity index (χ3n) is 3.50. The number of hydrogen-bond donors (Lipinski definition) is 0. The van der Waals surface area contributed by atoms with E-state index in [2.05, 4.69) is 20.8 Å². The zero-order valence-electron chi connectivity index (χ0n) is 8.83. The molecule has 0 atom stereocenters. The van der Waals surface area contributed by atoms with E-state index in [-0.39, 0.29) is 21.7 Å². The standard InChI is InChI=1S/C12H17.Ti/c1-8-9(2)11-6-4-5-7-12(11)10(8)3;/h4-7H2,1-3H3;/q-1;+2. The minimum absolute atomic E-state index is 0. The van der Waals surface area contributed by atoms with E-state index in [1.54, 1.807) is 27.8 Å². The first-order valence-electron chi connectivity index (χ1n) is 4.96. The first kappa shape index (κ1) is 11.1. The summed E-state index contributed by atoms with van der Waals surface area (Å²) in [6.07, 6.45) is 5.46. The molecule has 1 heteroatoms. The molecule has 0 N–H and O–H groups in total. The molecule has 1 aromatic rings. The van der Waals surface area contributed by atoms with E-state index in [0.717, 1.165) is 0 Å². The summed E-state index contributed by atoms with van der Waals surface area (Å²) in [5.74, 6) is 0. The Balaban J connectivity index is 0.000000845. The van der Waals surface area contributed by atoms with Crippen molar-refractivity contribution in [2.75, 3.05) is 0 Å². The van der Waals surface area contributed by atoms with Gasteiger partial charge in [0.05, 0.1) is 0 Å². The Labute approximate surface area is 96.0 Å². The fourth-order valence-electron chi connectivity index (χ4n) is 2.47. The summed E-state index contributed by atoms with van der Waals surface area (Å²) in [5.41, 5.74) is 8.04. The summed E-state index contributed by atoms with van der Waals surface area (Å²) in [5, 5.41) is 0. The van der Waals surface area contributed by atoms with Crippen molar-refractivity contribution in [2.45, 2.75) is 46.5 Å². The van der Waals surface area contributed by atoms with E-state index in [4.69, 9.17) is 0 Å². The van der Waals surface area contributed by atoms with Crippen LogP contribution in [0.15, 0.2) is 0 Å². The Morgan fingerprint density at radius 2 is 1.69 bits per heavy atom. The van der Waals surface area contributed by atoms with E-state index in [9.17, 15) is 0 Å². The van der Waals surface area contributed by atoms with Gasteiger partial charge < -0.3 is 0 Å². The third-order valence-corrected chi connectivity index (χ3v) is 3.50. The molecule has 13 heavy (non-hydrogen) atoms. The smallest absolute Gasteiger partial charge is 0.195 e. The molecule has 0 radical (unpaired) electrons. The third kappa shape index (κ3) is 1.67. The summed E-state index contributed by atoms with van der Waals surface area (Å²) in [6.45, 7) is 6.84. The molecule has 0 bridgehead atoms. The predicted molar refractivity (Wildman–Crippen MR) is 52.9 cm³/mol. The maximum absolute atomic E-state index is 2.28. The van der Waals surface area contributed by atoms with Crippen molar-refractivity contribution in [3.05, 3.63) is 27.8 Å². The molecule has 0 aromatic heterocycles. The fraction of sp³-hybridized carbons (Fsp3) is 0.583. The Morgan fingerprint density at radius 3 is 2.31 bits per heavy atom. The Kier molecular flexibility index (Phi) is 3.48. The van der Waals surface area contributed by atoms with Crippen molar-refractivity contribution in [3.63, 3.8) is 0 Å². The molecule has 0 spiro atoms. The Hall–Kier alpha value is 0.0643. The quantitative estimate of drug-likeness (QED) is 0.454. The average Bonchev–Trinajstić information content (AvgIpc) is 2.33. The first-order chi connectivity index (χ1) is 5.72. The van der Waals surface area contributed by atoms with Gasteiger partial charge in [-0.05, 0) is 0 Å². The molecule has 0 unspecified atom stereocenters. The van der Waals surface area contributed by atoms with Crippen LogP contribution in [0.3, 0.4) is 0 Å². The van der Waals surface area contributed by atoms with E-state index in [1.165, 1.54) is 25.7 Å². The van der Waals surface area contributed by atoms with Gasteiger partial charge in [0.15, 0.2) is 0 Å². The van der Waals surface area contributed by atoms with Gasteiger partial charge in [0, 0.05) is 0 Å². The zero-order valence-corrected chi connectivity index (χ0v) is 10.4. The second-order valence-electron chi connectivity index (χ2n) is 4.04. The molecule has 0 aliphatic heterocycles. The minimum Gasteiger partial charge on any atom is -0.195 e. The van der Waals surface area contributed by atoms with Gasteiger partial charge in [-0.1, -0.05) is 46.5 Å². The molecule has 1 aromatic carbocycles. The van der Waals surface area contributed by atoms with E-state index >= 15 is 0 Å². The zero-order chi connectivity index (χ0) is 8.72. The van der Waals surface area contributed by atoms with Crippen molar-refractivity contribution in [1.82, 2.24) is 0 Å². The number of rotatable bonds is 0. The van der Waals surface area contributed by atoms with Gasteiger partial charge in [-0.15, -0.1) is 0 Å². The van der Waals surface area contributed by atoms with Crippen molar-refractivity contribution < 1.29 is 21.7 Å². The molecule has 1 aliphatic carbocycles. The van der Waals surface area contributed by atoms with Crippen molar-refractivity contribution in [1.29, 1.82) is 0 Å². The summed E-state index contributed by atoms with van der Waals surface area (Å²) in [6, 6.07) is 0. The van der Waals surface area contributed by atoms with Crippen LogP contribution in [0.2, 0.25) is 0 Å².